The van der Waals surface area contributed by atoms with Crippen LogP contribution in [-0.4, -0.2) is 24.7 Å². The first-order chi connectivity index (χ1) is 9.48. The molecule has 110 valence electrons. The number of ether oxygens (including phenoxy) is 1. The molecule has 0 aromatic heterocycles. The predicted molar refractivity (Wildman–Crippen MR) is 80.8 cm³/mol. The van der Waals surface area contributed by atoms with E-state index in [1.54, 1.807) is 0 Å². The Morgan fingerprint density at radius 1 is 1.50 bits per heavy atom. The third kappa shape index (κ3) is 4.05. The Morgan fingerprint density at radius 3 is 2.95 bits per heavy atom. The third-order valence-corrected chi connectivity index (χ3v) is 3.79. The second-order valence-corrected chi connectivity index (χ2v) is 5.81. The van der Waals surface area contributed by atoms with E-state index < -0.39 is 0 Å². The smallest absolute Gasteiger partial charge is 0.221 e. The van der Waals surface area contributed by atoms with Crippen LogP contribution in [0.15, 0.2) is 24.3 Å². The molecule has 1 amide bonds. The van der Waals surface area contributed by atoms with Crippen molar-refractivity contribution in [3.63, 3.8) is 0 Å². The maximum Gasteiger partial charge on any atom is 0.221 e. The Labute approximate surface area is 120 Å². The fourth-order valence-corrected chi connectivity index (χ4v) is 2.55. The molecule has 4 nitrogen and oxygen atoms in total. The van der Waals surface area contributed by atoms with Crippen LogP contribution in [0.4, 0.5) is 5.69 Å². The number of hydrogen-bond donors (Lipinski definition) is 2. The minimum Gasteiger partial charge on any atom is -0.374 e. The van der Waals surface area contributed by atoms with Gasteiger partial charge in [0.25, 0.3) is 0 Å². The Morgan fingerprint density at radius 2 is 2.30 bits per heavy atom. The lowest BCUT2D eigenvalue weighted by Crippen LogP contribution is -2.38. The molecular weight excluding hydrogens is 252 g/mol. The number of carbonyl (C=O) groups is 1. The lowest BCUT2D eigenvalue weighted by molar-refractivity contribution is -0.114. The van der Waals surface area contributed by atoms with E-state index in [1.165, 1.54) is 6.92 Å². The summed E-state index contributed by atoms with van der Waals surface area (Å²) in [6, 6.07) is 8.17. The largest absolute Gasteiger partial charge is 0.374 e. The molecule has 1 fully saturated rings. The van der Waals surface area contributed by atoms with Gasteiger partial charge in [-0.15, -0.1) is 0 Å². The van der Waals surface area contributed by atoms with Crippen LogP contribution in [-0.2, 0) is 9.53 Å². The van der Waals surface area contributed by atoms with E-state index in [-0.39, 0.29) is 17.6 Å². The number of rotatable bonds is 5. The molecule has 0 bridgehead atoms. The zero-order valence-corrected chi connectivity index (χ0v) is 12.5. The van der Waals surface area contributed by atoms with E-state index in [0.29, 0.717) is 0 Å². The number of benzene rings is 1. The molecule has 2 N–H and O–H groups in total. The van der Waals surface area contributed by atoms with Gasteiger partial charge in [0.05, 0.1) is 5.60 Å². The lowest BCUT2D eigenvalue weighted by Gasteiger charge is -2.26. The number of hydrogen-bond acceptors (Lipinski definition) is 3. The van der Waals surface area contributed by atoms with E-state index in [0.717, 1.165) is 37.2 Å². The molecule has 4 heteroatoms. The number of anilines is 1. The summed E-state index contributed by atoms with van der Waals surface area (Å²) in [5.41, 5.74) is 1.97. The molecular formula is C16H24N2O2. The van der Waals surface area contributed by atoms with Crippen molar-refractivity contribution in [3.8, 4) is 0 Å². The van der Waals surface area contributed by atoms with Gasteiger partial charge in [-0.1, -0.05) is 12.1 Å². The summed E-state index contributed by atoms with van der Waals surface area (Å²) >= 11 is 0. The molecule has 1 aromatic carbocycles. The summed E-state index contributed by atoms with van der Waals surface area (Å²) < 4.78 is 5.78. The molecule has 1 aromatic rings. The first-order valence-corrected chi connectivity index (χ1v) is 7.23. The number of amides is 1. The highest BCUT2D eigenvalue weighted by atomic mass is 16.5. The SMILES string of the molecule is CC(=O)Nc1cccc(C(C)NCC2(C)CCCO2)c1. The van der Waals surface area contributed by atoms with Gasteiger partial charge >= 0.3 is 0 Å². The van der Waals surface area contributed by atoms with Crippen LogP contribution in [0.3, 0.4) is 0 Å². The van der Waals surface area contributed by atoms with Crippen molar-refractivity contribution in [2.24, 2.45) is 0 Å². The van der Waals surface area contributed by atoms with Crippen molar-refractivity contribution < 1.29 is 9.53 Å². The predicted octanol–water partition coefficient (Wildman–Crippen LogP) is 2.86. The Bertz CT molecular complexity index is 467. The molecule has 2 unspecified atom stereocenters. The maximum atomic E-state index is 11.1. The zero-order valence-electron chi connectivity index (χ0n) is 12.5. The second kappa shape index (κ2) is 6.37. The van der Waals surface area contributed by atoms with Gasteiger partial charge in [0.2, 0.25) is 5.91 Å². The van der Waals surface area contributed by atoms with Gasteiger partial charge in [0.15, 0.2) is 0 Å². The van der Waals surface area contributed by atoms with Gasteiger partial charge in [-0.05, 0) is 44.4 Å². The van der Waals surface area contributed by atoms with E-state index in [4.69, 9.17) is 4.74 Å². The van der Waals surface area contributed by atoms with Crippen molar-refractivity contribution in [2.75, 3.05) is 18.5 Å². The third-order valence-electron chi connectivity index (χ3n) is 3.79. The zero-order chi connectivity index (χ0) is 14.6. The van der Waals surface area contributed by atoms with Crippen molar-refractivity contribution in [1.29, 1.82) is 0 Å². The van der Waals surface area contributed by atoms with E-state index in [9.17, 15) is 4.79 Å². The molecule has 20 heavy (non-hydrogen) atoms. The van der Waals surface area contributed by atoms with Gasteiger partial charge in [-0.3, -0.25) is 4.79 Å². The Balaban J connectivity index is 1.94. The fraction of sp³-hybridized carbons (Fsp3) is 0.562. The first kappa shape index (κ1) is 15.0. The van der Waals surface area contributed by atoms with Gasteiger partial charge < -0.3 is 15.4 Å². The average Bonchev–Trinajstić information content (AvgIpc) is 2.83. The van der Waals surface area contributed by atoms with Crippen LogP contribution in [0.5, 0.6) is 0 Å². The molecule has 0 aliphatic carbocycles. The molecule has 1 saturated heterocycles. The molecule has 0 spiro atoms. The van der Waals surface area contributed by atoms with Crippen LogP contribution < -0.4 is 10.6 Å². The summed E-state index contributed by atoms with van der Waals surface area (Å²) in [6.07, 6.45) is 2.25. The molecule has 2 rings (SSSR count). The normalized spacial score (nSPS) is 23.6. The first-order valence-electron chi connectivity index (χ1n) is 7.23. The number of nitrogens with one attached hydrogen (secondary N) is 2. The monoisotopic (exact) mass is 276 g/mol. The Kier molecular flexibility index (Phi) is 4.78. The quantitative estimate of drug-likeness (QED) is 0.869. The maximum absolute atomic E-state index is 11.1. The van der Waals surface area contributed by atoms with Gasteiger partial charge in [0, 0.05) is 31.8 Å². The van der Waals surface area contributed by atoms with E-state index in [2.05, 4.69) is 30.5 Å². The standard InChI is InChI=1S/C16H24N2O2/c1-12(17-11-16(3)8-5-9-20-16)14-6-4-7-15(10-14)18-13(2)19/h4,6-7,10,12,17H,5,8-9,11H2,1-3H3,(H,18,19). The highest BCUT2D eigenvalue weighted by Gasteiger charge is 2.29. The second-order valence-electron chi connectivity index (χ2n) is 5.81. The number of carbonyl (C=O) groups excluding carboxylic acids is 1. The summed E-state index contributed by atoms with van der Waals surface area (Å²) in [5, 5.41) is 6.34. The van der Waals surface area contributed by atoms with Crippen LogP contribution in [0, 0.1) is 0 Å². The van der Waals surface area contributed by atoms with Crippen LogP contribution >= 0.6 is 0 Å². The Hall–Kier alpha value is -1.39. The minimum absolute atomic E-state index is 0.0382. The van der Waals surface area contributed by atoms with Crippen molar-refractivity contribution in [3.05, 3.63) is 29.8 Å². The molecule has 2 atom stereocenters. The lowest BCUT2D eigenvalue weighted by atomic mass is 10.0. The molecule has 0 saturated carbocycles. The molecule has 1 aliphatic rings. The molecule has 1 aliphatic heterocycles. The highest BCUT2D eigenvalue weighted by molar-refractivity contribution is 5.88. The van der Waals surface area contributed by atoms with Crippen LogP contribution in [0.25, 0.3) is 0 Å². The minimum atomic E-state index is -0.0466. The van der Waals surface area contributed by atoms with Gasteiger partial charge in [0.1, 0.15) is 0 Å². The highest BCUT2D eigenvalue weighted by Crippen LogP contribution is 2.25. The van der Waals surface area contributed by atoms with Crippen LogP contribution in [0.1, 0.15) is 45.2 Å². The molecule has 0 radical (unpaired) electrons. The van der Waals surface area contributed by atoms with E-state index >= 15 is 0 Å². The summed E-state index contributed by atoms with van der Waals surface area (Å²) in [6.45, 7) is 7.52. The topological polar surface area (TPSA) is 50.4 Å². The fourth-order valence-electron chi connectivity index (χ4n) is 2.55. The average molecular weight is 276 g/mol. The van der Waals surface area contributed by atoms with Gasteiger partial charge in [-0.25, -0.2) is 0 Å². The summed E-state index contributed by atoms with van der Waals surface area (Å²) in [7, 11) is 0. The van der Waals surface area contributed by atoms with Crippen LogP contribution in [0.2, 0.25) is 0 Å². The van der Waals surface area contributed by atoms with Crippen molar-refractivity contribution in [2.45, 2.75) is 45.3 Å². The summed E-state index contributed by atoms with van der Waals surface area (Å²) in [4.78, 5) is 11.1. The molecule has 1 heterocycles. The van der Waals surface area contributed by atoms with Crippen molar-refractivity contribution in [1.82, 2.24) is 5.32 Å². The van der Waals surface area contributed by atoms with E-state index in [1.807, 2.05) is 18.2 Å². The summed E-state index contributed by atoms with van der Waals surface area (Å²) in [5.74, 6) is -0.0466. The van der Waals surface area contributed by atoms with Gasteiger partial charge in [-0.2, -0.15) is 0 Å². The van der Waals surface area contributed by atoms with Crippen molar-refractivity contribution >= 4 is 11.6 Å².